The maximum Gasteiger partial charge on any atom is 0.161 e. The van der Waals surface area contributed by atoms with Crippen LogP contribution in [0.2, 0.25) is 0 Å². The second kappa shape index (κ2) is 7.17. The van der Waals surface area contributed by atoms with E-state index < -0.39 is 23.5 Å². The number of benzene rings is 1. The van der Waals surface area contributed by atoms with Crippen molar-refractivity contribution in [2.24, 2.45) is 0 Å². The van der Waals surface area contributed by atoms with Crippen LogP contribution in [-0.4, -0.2) is 31.1 Å². The van der Waals surface area contributed by atoms with E-state index in [0.717, 1.165) is 19.2 Å². The number of rotatable bonds is 3. The van der Waals surface area contributed by atoms with Gasteiger partial charge >= 0.3 is 0 Å². The van der Waals surface area contributed by atoms with E-state index in [1.54, 1.807) is 12.1 Å². The van der Waals surface area contributed by atoms with Gasteiger partial charge in [0.25, 0.3) is 0 Å². The van der Waals surface area contributed by atoms with Gasteiger partial charge in [0, 0.05) is 37.8 Å². The Balaban J connectivity index is 0.00000176. The first-order valence-electron chi connectivity index (χ1n) is 6.79. The van der Waals surface area contributed by atoms with Gasteiger partial charge < -0.3 is 9.73 Å². The highest BCUT2D eigenvalue weighted by molar-refractivity contribution is 5.85. The Bertz CT molecular complexity index is 616. The van der Waals surface area contributed by atoms with Gasteiger partial charge in [-0.25, -0.2) is 13.2 Å². The molecule has 3 nitrogen and oxygen atoms in total. The molecule has 0 radical (unpaired) electrons. The molecule has 1 fully saturated rings. The summed E-state index contributed by atoms with van der Waals surface area (Å²) in [4.78, 5) is 1.99. The van der Waals surface area contributed by atoms with Gasteiger partial charge in [0.05, 0.1) is 12.3 Å². The minimum atomic E-state index is -1.19. The number of halogens is 4. The molecule has 2 aromatic rings. The van der Waals surface area contributed by atoms with Crippen LogP contribution >= 0.6 is 12.4 Å². The zero-order chi connectivity index (χ0) is 14.8. The van der Waals surface area contributed by atoms with Gasteiger partial charge in [-0.1, -0.05) is 0 Å². The normalized spacial score (nSPS) is 17.0. The van der Waals surface area contributed by atoms with Crippen molar-refractivity contribution >= 4 is 12.4 Å². The summed E-state index contributed by atoms with van der Waals surface area (Å²) in [5.41, 5.74) is 0.0887. The molecule has 1 saturated heterocycles. The molecule has 120 valence electrons. The molecule has 0 saturated carbocycles. The van der Waals surface area contributed by atoms with Crippen molar-refractivity contribution in [2.45, 2.75) is 6.04 Å². The molecule has 1 N–H and O–H groups in total. The van der Waals surface area contributed by atoms with Crippen LogP contribution in [-0.2, 0) is 0 Å². The third-order valence-corrected chi connectivity index (χ3v) is 3.66. The van der Waals surface area contributed by atoms with E-state index in [4.69, 9.17) is 4.42 Å². The maximum atomic E-state index is 14.1. The molecule has 2 heterocycles. The van der Waals surface area contributed by atoms with Crippen LogP contribution in [0.4, 0.5) is 13.2 Å². The molecule has 7 heteroatoms. The van der Waals surface area contributed by atoms with Crippen LogP contribution in [0.15, 0.2) is 34.9 Å². The first-order chi connectivity index (χ1) is 10.2. The van der Waals surface area contributed by atoms with Crippen LogP contribution in [0, 0.1) is 17.5 Å². The topological polar surface area (TPSA) is 28.4 Å². The molecular formula is C15H16ClF3N2O. The molecule has 0 unspecified atom stereocenters. The van der Waals surface area contributed by atoms with Crippen molar-refractivity contribution in [2.75, 3.05) is 26.2 Å². The molecule has 1 aliphatic heterocycles. The summed E-state index contributed by atoms with van der Waals surface area (Å²) in [5.74, 6) is -2.50. The van der Waals surface area contributed by atoms with Gasteiger partial charge in [-0.05, 0) is 18.2 Å². The number of nitrogens with one attached hydrogen (secondary N) is 1. The Morgan fingerprint density at radius 1 is 1.05 bits per heavy atom. The highest BCUT2D eigenvalue weighted by Crippen LogP contribution is 2.32. The molecule has 0 bridgehead atoms. The second-order valence-corrected chi connectivity index (χ2v) is 4.99. The smallest absolute Gasteiger partial charge is 0.161 e. The third kappa shape index (κ3) is 3.29. The Hall–Kier alpha value is -1.50. The van der Waals surface area contributed by atoms with Crippen molar-refractivity contribution < 1.29 is 17.6 Å². The van der Waals surface area contributed by atoms with Gasteiger partial charge in [-0.3, -0.25) is 4.90 Å². The Morgan fingerprint density at radius 3 is 2.36 bits per heavy atom. The Morgan fingerprint density at radius 2 is 1.73 bits per heavy atom. The van der Waals surface area contributed by atoms with E-state index >= 15 is 0 Å². The standard InChI is InChI=1S/C15H15F3N2O.ClH/c16-11-9-13(18)12(17)8-10(11)15(14-2-1-7-21-14)20-5-3-19-4-6-20;/h1-2,7-9,15,19H,3-6H2;1H/t15-;/m0./s1. The first-order valence-corrected chi connectivity index (χ1v) is 6.79. The fourth-order valence-corrected chi connectivity index (χ4v) is 2.66. The third-order valence-electron chi connectivity index (χ3n) is 3.66. The van der Waals surface area contributed by atoms with Gasteiger partial charge in [0.15, 0.2) is 11.6 Å². The second-order valence-electron chi connectivity index (χ2n) is 4.99. The number of furan rings is 1. The zero-order valence-corrected chi connectivity index (χ0v) is 12.5. The van der Waals surface area contributed by atoms with E-state index in [-0.39, 0.29) is 18.0 Å². The zero-order valence-electron chi connectivity index (χ0n) is 11.7. The minimum Gasteiger partial charge on any atom is -0.467 e. The number of piperazine rings is 1. The summed E-state index contributed by atoms with van der Waals surface area (Å²) in [5, 5.41) is 3.20. The van der Waals surface area contributed by atoms with Crippen LogP contribution < -0.4 is 5.32 Å². The summed E-state index contributed by atoms with van der Waals surface area (Å²) in [6, 6.07) is 4.36. The van der Waals surface area contributed by atoms with Crippen LogP contribution in [0.5, 0.6) is 0 Å². The summed E-state index contributed by atoms with van der Waals surface area (Å²) in [6.07, 6.45) is 1.49. The van der Waals surface area contributed by atoms with E-state index in [9.17, 15) is 13.2 Å². The average Bonchev–Trinajstić information content (AvgIpc) is 3.00. The van der Waals surface area contributed by atoms with E-state index in [2.05, 4.69) is 5.32 Å². The monoisotopic (exact) mass is 332 g/mol. The number of nitrogens with zero attached hydrogens (tertiary/aromatic N) is 1. The highest BCUT2D eigenvalue weighted by Gasteiger charge is 2.29. The molecule has 3 rings (SSSR count). The average molecular weight is 333 g/mol. The van der Waals surface area contributed by atoms with Gasteiger partial charge in [-0.2, -0.15) is 0 Å². The van der Waals surface area contributed by atoms with Gasteiger partial charge in [0.2, 0.25) is 0 Å². The maximum absolute atomic E-state index is 14.1. The molecule has 22 heavy (non-hydrogen) atoms. The van der Waals surface area contributed by atoms with Gasteiger partial charge in [-0.15, -0.1) is 12.4 Å². The summed E-state index contributed by atoms with van der Waals surface area (Å²) < 4.78 is 46.2. The predicted octanol–water partition coefficient (Wildman–Crippen LogP) is 3.11. The molecule has 1 aliphatic rings. The lowest BCUT2D eigenvalue weighted by molar-refractivity contribution is 0.176. The van der Waals surface area contributed by atoms with Crippen molar-refractivity contribution in [3.8, 4) is 0 Å². The molecule has 1 atom stereocenters. The lowest BCUT2D eigenvalue weighted by atomic mass is 10.0. The molecule has 0 aliphatic carbocycles. The van der Waals surface area contributed by atoms with E-state index in [1.165, 1.54) is 6.26 Å². The molecule has 0 amide bonds. The largest absolute Gasteiger partial charge is 0.467 e. The first kappa shape index (κ1) is 16.9. The van der Waals surface area contributed by atoms with Crippen molar-refractivity contribution in [1.29, 1.82) is 0 Å². The fraction of sp³-hybridized carbons (Fsp3) is 0.333. The van der Waals surface area contributed by atoms with E-state index in [0.29, 0.717) is 24.9 Å². The van der Waals surface area contributed by atoms with Crippen molar-refractivity contribution in [1.82, 2.24) is 10.2 Å². The predicted molar refractivity (Wildman–Crippen MR) is 78.6 cm³/mol. The quantitative estimate of drug-likeness (QED) is 0.875. The highest BCUT2D eigenvalue weighted by atomic mass is 35.5. The van der Waals surface area contributed by atoms with Crippen LogP contribution in [0.1, 0.15) is 17.4 Å². The molecular weight excluding hydrogens is 317 g/mol. The van der Waals surface area contributed by atoms with Crippen molar-refractivity contribution in [3.63, 3.8) is 0 Å². The summed E-state index contributed by atoms with van der Waals surface area (Å²) >= 11 is 0. The summed E-state index contributed by atoms with van der Waals surface area (Å²) in [7, 11) is 0. The SMILES string of the molecule is Cl.Fc1cc(F)c([C@@H](c2ccco2)N2CCNCC2)cc1F. The number of hydrogen-bond donors (Lipinski definition) is 1. The molecule has 1 aromatic carbocycles. The fourth-order valence-electron chi connectivity index (χ4n) is 2.66. The minimum absolute atomic E-state index is 0. The Labute approximate surface area is 132 Å². The van der Waals surface area contributed by atoms with Crippen molar-refractivity contribution in [3.05, 3.63) is 59.3 Å². The van der Waals surface area contributed by atoms with Crippen LogP contribution in [0.25, 0.3) is 0 Å². The lowest BCUT2D eigenvalue weighted by Crippen LogP contribution is -2.45. The number of hydrogen-bond acceptors (Lipinski definition) is 3. The lowest BCUT2D eigenvalue weighted by Gasteiger charge is -2.34. The van der Waals surface area contributed by atoms with Gasteiger partial charge in [0.1, 0.15) is 11.6 Å². The molecule has 1 aromatic heterocycles. The molecule has 0 spiro atoms. The summed E-state index contributed by atoms with van der Waals surface area (Å²) in [6.45, 7) is 2.85. The Kier molecular flexibility index (Phi) is 5.50. The van der Waals surface area contributed by atoms with Crippen LogP contribution in [0.3, 0.4) is 0 Å². The van der Waals surface area contributed by atoms with E-state index in [1.807, 2.05) is 4.90 Å².